The number of hydrogen-bond donors (Lipinski definition) is 2. The average molecular weight is 363 g/mol. The molecule has 2 N–H and O–H groups in total. The number of para-hydroxylation sites is 1. The van der Waals surface area contributed by atoms with E-state index in [1.165, 1.54) is 6.07 Å². The molecule has 2 aromatic carbocycles. The van der Waals surface area contributed by atoms with Gasteiger partial charge in [0, 0.05) is 29.0 Å². The molecule has 124 valence electrons. The van der Waals surface area contributed by atoms with Crippen LogP contribution in [0.1, 0.15) is 16.1 Å². The predicted octanol–water partition coefficient (Wildman–Crippen LogP) is 4.62. The predicted molar refractivity (Wildman–Crippen MR) is 98.2 cm³/mol. The summed E-state index contributed by atoms with van der Waals surface area (Å²) in [5.41, 5.74) is 1.88. The summed E-state index contributed by atoms with van der Waals surface area (Å²) in [4.78, 5) is 15.3. The normalized spacial score (nSPS) is 10.9. The molecule has 3 nitrogen and oxygen atoms in total. The molecular weight excluding hydrogens is 347 g/mol. The summed E-state index contributed by atoms with van der Waals surface area (Å²) in [5.74, 6) is 0.842. The van der Waals surface area contributed by atoms with Crippen molar-refractivity contribution < 1.29 is 9.18 Å². The lowest BCUT2D eigenvalue weighted by Gasteiger charge is -2.05. The maximum atomic E-state index is 13.5. The number of halogens is 2. The first-order valence-electron chi connectivity index (χ1n) is 7.52. The Bertz CT molecular complexity index is 865. The molecule has 3 rings (SSSR count). The van der Waals surface area contributed by atoms with Crippen LogP contribution in [-0.4, -0.2) is 23.2 Å². The number of aromatic nitrogens is 1. The number of benzene rings is 2. The van der Waals surface area contributed by atoms with Crippen LogP contribution in [0.3, 0.4) is 0 Å². The molecule has 0 fully saturated rings. The first-order valence-corrected chi connectivity index (χ1v) is 9.05. The van der Waals surface area contributed by atoms with Gasteiger partial charge in [0.15, 0.2) is 0 Å². The maximum absolute atomic E-state index is 13.5. The molecule has 0 bridgehead atoms. The van der Waals surface area contributed by atoms with Crippen molar-refractivity contribution in [3.8, 4) is 0 Å². The minimum Gasteiger partial charge on any atom is -0.350 e. The molecule has 24 heavy (non-hydrogen) atoms. The molecule has 3 aromatic rings. The number of nitrogens with one attached hydrogen (secondary N) is 2. The standard InChI is InChI=1S/C18H16ClFN2OS/c19-16-13-6-2-4-8-15(13)22-17(16)18(23)21-9-10-24-11-12-5-1-3-7-14(12)20/h1-8,22H,9-11H2,(H,21,23). The second-order valence-electron chi connectivity index (χ2n) is 5.26. The van der Waals surface area contributed by atoms with E-state index in [2.05, 4.69) is 10.3 Å². The molecule has 0 aliphatic heterocycles. The third-order valence-corrected chi connectivity index (χ3v) is 5.02. The Kier molecular flexibility index (Phi) is 5.43. The first-order chi connectivity index (χ1) is 11.7. The van der Waals surface area contributed by atoms with E-state index in [4.69, 9.17) is 11.6 Å². The third-order valence-electron chi connectivity index (χ3n) is 3.62. The van der Waals surface area contributed by atoms with E-state index >= 15 is 0 Å². The number of aromatic amines is 1. The van der Waals surface area contributed by atoms with Gasteiger partial charge in [0.05, 0.1) is 5.02 Å². The smallest absolute Gasteiger partial charge is 0.269 e. The van der Waals surface area contributed by atoms with Crippen molar-refractivity contribution in [3.63, 3.8) is 0 Å². The van der Waals surface area contributed by atoms with E-state index in [1.54, 1.807) is 23.9 Å². The van der Waals surface area contributed by atoms with E-state index in [-0.39, 0.29) is 11.7 Å². The van der Waals surface area contributed by atoms with Gasteiger partial charge in [-0.1, -0.05) is 48.0 Å². The van der Waals surface area contributed by atoms with Crippen LogP contribution >= 0.6 is 23.4 Å². The van der Waals surface area contributed by atoms with Crippen LogP contribution in [0.5, 0.6) is 0 Å². The highest BCUT2D eigenvalue weighted by Gasteiger charge is 2.15. The largest absolute Gasteiger partial charge is 0.350 e. The zero-order valence-electron chi connectivity index (χ0n) is 12.8. The van der Waals surface area contributed by atoms with Crippen LogP contribution in [0.2, 0.25) is 5.02 Å². The summed E-state index contributed by atoms with van der Waals surface area (Å²) >= 11 is 7.82. The van der Waals surface area contributed by atoms with E-state index in [0.717, 1.165) is 10.9 Å². The molecule has 0 atom stereocenters. The second kappa shape index (κ2) is 7.73. The van der Waals surface area contributed by atoms with Gasteiger partial charge in [0.1, 0.15) is 11.5 Å². The van der Waals surface area contributed by atoms with Gasteiger partial charge < -0.3 is 10.3 Å². The quantitative estimate of drug-likeness (QED) is 0.628. The van der Waals surface area contributed by atoms with Crippen molar-refractivity contribution in [1.82, 2.24) is 10.3 Å². The van der Waals surface area contributed by atoms with Crippen LogP contribution in [0, 0.1) is 5.82 Å². The van der Waals surface area contributed by atoms with E-state index in [1.807, 2.05) is 30.3 Å². The Labute approximate surface area is 148 Å². The van der Waals surface area contributed by atoms with Gasteiger partial charge in [0.25, 0.3) is 5.91 Å². The number of hydrogen-bond acceptors (Lipinski definition) is 2. The van der Waals surface area contributed by atoms with Crippen LogP contribution in [-0.2, 0) is 5.75 Å². The molecule has 1 heterocycles. The Morgan fingerprint density at radius 2 is 1.92 bits per heavy atom. The van der Waals surface area contributed by atoms with Gasteiger partial charge in [-0.2, -0.15) is 11.8 Å². The van der Waals surface area contributed by atoms with Crippen molar-refractivity contribution in [2.45, 2.75) is 5.75 Å². The highest BCUT2D eigenvalue weighted by atomic mass is 35.5. The van der Waals surface area contributed by atoms with Crippen molar-refractivity contribution >= 4 is 40.2 Å². The molecule has 0 spiro atoms. The van der Waals surface area contributed by atoms with Gasteiger partial charge in [-0.25, -0.2) is 4.39 Å². The molecule has 0 aliphatic carbocycles. The number of carbonyl (C=O) groups is 1. The SMILES string of the molecule is O=C(NCCSCc1ccccc1F)c1[nH]c2ccccc2c1Cl. The zero-order chi connectivity index (χ0) is 16.9. The van der Waals surface area contributed by atoms with Crippen LogP contribution in [0.4, 0.5) is 4.39 Å². The topological polar surface area (TPSA) is 44.9 Å². The lowest BCUT2D eigenvalue weighted by atomic mass is 10.2. The molecule has 0 radical (unpaired) electrons. The fraction of sp³-hybridized carbons (Fsp3) is 0.167. The summed E-state index contributed by atoms with van der Waals surface area (Å²) < 4.78 is 13.5. The molecule has 0 unspecified atom stereocenters. The van der Waals surface area contributed by atoms with Crippen molar-refractivity contribution in [2.75, 3.05) is 12.3 Å². The molecule has 0 saturated carbocycles. The zero-order valence-corrected chi connectivity index (χ0v) is 14.4. The van der Waals surface area contributed by atoms with Gasteiger partial charge in [-0.3, -0.25) is 4.79 Å². The maximum Gasteiger partial charge on any atom is 0.269 e. The lowest BCUT2D eigenvalue weighted by Crippen LogP contribution is -2.26. The summed E-state index contributed by atoms with van der Waals surface area (Å²) in [6.45, 7) is 0.490. The van der Waals surface area contributed by atoms with Crippen molar-refractivity contribution in [2.24, 2.45) is 0 Å². The monoisotopic (exact) mass is 362 g/mol. The van der Waals surface area contributed by atoms with Gasteiger partial charge in [-0.05, 0) is 17.7 Å². The van der Waals surface area contributed by atoms with E-state index in [0.29, 0.717) is 34.3 Å². The Hall–Kier alpha value is -1.98. The van der Waals surface area contributed by atoms with Crippen molar-refractivity contribution in [1.29, 1.82) is 0 Å². The van der Waals surface area contributed by atoms with Crippen molar-refractivity contribution in [3.05, 3.63) is 70.6 Å². The number of thioether (sulfide) groups is 1. The third kappa shape index (κ3) is 3.74. The number of amides is 1. The Morgan fingerprint density at radius 3 is 2.71 bits per heavy atom. The fourth-order valence-electron chi connectivity index (χ4n) is 2.39. The number of fused-ring (bicyclic) bond motifs is 1. The molecule has 6 heteroatoms. The summed E-state index contributed by atoms with van der Waals surface area (Å²) in [6.07, 6.45) is 0. The lowest BCUT2D eigenvalue weighted by molar-refractivity contribution is 0.0952. The number of rotatable bonds is 6. The number of carbonyl (C=O) groups excluding carboxylic acids is 1. The average Bonchev–Trinajstić information content (AvgIpc) is 2.93. The molecule has 0 saturated heterocycles. The summed E-state index contributed by atoms with van der Waals surface area (Å²) in [7, 11) is 0. The highest BCUT2D eigenvalue weighted by molar-refractivity contribution is 7.98. The van der Waals surface area contributed by atoms with Gasteiger partial charge in [0.2, 0.25) is 0 Å². The van der Waals surface area contributed by atoms with Crippen LogP contribution < -0.4 is 5.32 Å². The van der Waals surface area contributed by atoms with Crippen LogP contribution in [0.15, 0.2) is 48.5 Å². The number of H-pyrrole nitrogens is 1. The summed E-state index contributed by atoms with van der Waals surface area (Å²) in [5, 5.41) is 4.10. The molecule has 1 aromatic heterocycles. The molecular formula is C18H16ClFN2OS. The summed E-state index contributed by atoms with van der Waals surface area (Å²) in [6, 6.07) is 14.2. The molecule has 1 amide bonds. The fourth-order valence-corrected chi connectivity index (χ4v) is 3.53. The highest BCUT2D eigenvalue weighted by Crippen LogP contribution is 2.27. The first kappa shape index (κ1) is 16.9. The van der Waals surface area contributed by atoms with Crippen LogP contribution in [0.25, 0.3) is 10.9 Å². The van der Waals surface area contributed by atoms with E-state index in [9.17, 15) is 9.18 Å². The molecule has 0 aliphatic rings. The van der Waals surface area contributed by atoms with Gasteiger partial charge >= 0.3 is 0 Å². The Balaban J connectivity index is 1.50. The minimum atomic E-state index is -0.234. The van der Waals surface area contributed by atoms with E-state index < -0.39 is 0 Å². The minimum absolute atomic E-state index is 0.195. The second-order valence-corrected chi connectivity index (χ2v) is 6.74. The van der Waals surface area contributed by atoms with Gasteiger partial charge in [-0.15, -0.1) is 0 Å². The Morgan fingerprint density at radius 1 is 1.17 bits per heavy atom.